The maximum Gasteiger partial charge on any atom is 0.446 e. The van der Waals surface area contributed by atoms with Gasteiger partial charge in [0.25, 0.3) is 5.91 Å². The molecule has 1 atom stereocenters. The zero-order chi connectivity index (χ0) is 18.5. The Bertz CT molecular complexity index is 637. The van der Waals surface area contributed by atoms with Gasteiger partial charge >= 0.3 is 11.5 Å². The molecule has 4 N–H and O–H groups in total. The van der Waals surface area contributed by atoms with E-state index in [2.05, 4.69) is 12.5 Å². The van der Waals surface area contributed by atoms with E-state index < -0.39 is 23.4 Å². The molecule has 1 aromatic carbocycles. The largest absolute Gasteiger partial charge is 0.480 e. The van der Waals surface area contributed by atoms with E-state index in [1.165, 1.54) is 18.2 Å². The van der Waals surface area contributed by atoms with E-state index in [-0.39, 0.29) is 34.3 Å². The summed E-state index contributed by atoms with van der Waals surface area (Å²) in [6.45, 7) is 3.72. The fourth-order valence-electron chi connectivity index (χ4n) is 2.10. The zero-order valence-corrected chi connectivity index (χ0v) is 13.1. The van der Waals surface area contributed by atoms with Crippen molar-refractivity contribution in [2.75, 3.05) is 6.54 Å². The lowest BCUT2D eigenvalue weighted by molar-refractivity contribution is -0.146. The van der Waals surface area contributed by atoms with Crippen molar-refractivity contribution in [2.45, 2.75) is 22.9 Å². The van der Waals surface area contributed by atoms with Gasteiger partial charge < -0.3 is 15.2 Å². The quantitative estimate of drug-likeness (QED) is 0.560. The predicted octanol–water partition coefficient (Wildman–Crippen LogP) is 2.57. The van der Waals surface area contributed by atoms with Crippen LogP contribution in [0.15, 0.2) is 29.7 Å². The molecular formula is C14H15F3N2O4S. The van der Waals surface area contributed by atoms with Gasteiger partial charge in [0.2, 0.25) is 0 Å². The van der Waals surface area contributed by atoms with Crippen LogP contribution in [-0.2, 0) is 4.79 Å². The van der Waals surface area contributed by atoms with Gasteiger partial charge in [0, 0.05) is 17.0 Å². The summed E-state index contributed by atoms with van der Waals surface area (Å²) in [5, 5.41) is 15.4. The molecule has 2 rings (SSSR count). The Morgan fingerprint density at radius 2 is 2.00 bits per heavy atom. The van der Waals surface area contributed by atoms with Crippen molar-refractivity contribution in [1.29, 1.82) is 0 Å². The first kappa shape index (κ1) is 20.0. The molecule has 0 saturated carbocycles. The minimum atomic E-state index is -4.49. The van der Waals surface area contributed by atoms with Crippen LogP contribution >= 0.6 is 11.8 Å². The van der Waals surface area contributed by atoms with E-state index in [1.807, 2.05) is 0 Å². The summed E-state index contributed by atoms with van der Waals surface area (Å²) in [4.78, 5) is 24.1. The summed E-state index contributed by atoms with van der Waals surface area (Å²) >= 11 is -0.330. The molecule has 1 aromatic rings. The maximum absolute atomic E-state index is 12.5. The van der Waals surface area contributed by atoms with Crippen molar-refractivity contribution in [1.82, 2.24) is 4.90 Å². The normalized spacial score (nSPS) is 16.5. The number of halogens is 3. The van der Waals surface area contributed by atoms with Crippen LogP contribution in [0.2, 0.25) is 0 Å². The van der Waals surface area contributed by atoms with E-state index >= 15 is 0 Å². The molecule has 6 nitrogen and oxygen atoms in total. The Balaban J connectivity index is 0.00000139. The summed E-state index contributed by atoms with van der Waals surface area (Å²) in [5.41, 5.74) is -4.19. The Hall–Kier alpha value is -2.04. The van der Waals surface area contributed by atoms with Crippen LogP contribution in [0.3, 0.4) is 0 Å². The Kier molecular flexibility index (Phi) is 6.81. The molecule has 1 saturated heterocycles. The Labute approximate surface area is 139 Å². The molecule has 1 amide bonds. The highest BCUT2D eigenvalue weighted by Crippen LogP contribution is 2.39. The third kappa shape index (κ3) is 4.73. The lowest BCUT2D eigenvalue weighted by Crippen LogP contribution is -2.55. The summed E-state index contributed by atoms with van der Waals surface area (Å²) in [5.74, 6) is 1.80. The zero-order valence-electron chi connectivity index (χ0n) is 12.3. The molecule has 1 heterocycles. The molecule has 1 aliphatic heterocycles. The van der Waals surface area contributed by atoms with Gasteiger partial charge in [-0.05, 0) is 35.9 Å². The SMILES string of the molecule is C=Cc1ccc(C(=O)N2CCC2C(=O)O)cc1SC(F)(F)F.NO. The number of benzene rings is 1. The molecular weight excluding hydrogens is 349 g/mol. The summed E-state index contributed by atoms with van der Waals surface area (Å²) < 4.78 is 37.6. The van der Waals surface area contributed by atoms with Gasteiger partial charge in [-0.25, -0.2) is 10.7 Å². The number of thioether (sulfide) groups is 1. The van der Waals surface area contributed by atoms with E-state index in [9.17, 15) is 22.8 Å². The topological polar surface area (TPSA) is 104 Å². The van der Waals surface area contributed by atoms with Crippen molar-refractivity contribution in [3.8, 4) is 0 Å². The van der Waals surface area contributed by atoms with Gasteiger partial charge in [0.1, 0.15) is 6.04 Å². The van der Waals surface area contributed by atoms with Crippen molar-refractivity contribution in [3.63, 3.8) is 0 Å². The number of nitrogens with zero attached hydrogens (tertiary/aromatic N) is 1. The number of hydrogen-bond donors (Lipinski definition) is 3. The van der Waals surface area contributed by atoms with E-state index in [1.54, 1.807) is 0 Å². The van der Waals surface area contributed by atoms with E-state index in [4.69, 9.17) is 10.3 Å². The molecule has 24 heavy (non-hydrogen) atoms. The number of carbonyl (C=O) groups is 2. The van der Waals surface area contributed by atoms with Gasteiger partial charge in [0.05, 0.1) is 0 Å². The molecule has 1 aliphatic rings. The van der Waals surface area contributed by atoms with Crippen molar-refractivity contribution in [2.24, 2.45) is 5.90 Å². The van der Waals surface area contributed by atoms with E-state index in [0.29, 0.717) is 6.42 Å². The first-order valence-corrected chi connectivity index (χ1v) is 7.36. The average Bonchev–Trinajstić information content (AvgIpc) is 2.45. The van der Waals surface area contributed by atoms with Crippen molar-refractivity contribution >= 4 is 29.7 Å². The second-order valence-corrected chi connectivity index (χ2v) is 5.75. The van der Waals surface area contributed by atoms with Gasteiger partial charge in [-0.3, -0.25) is 4.79 Å². The second kappa shape index (κ2) is 8.18. The molecule has 0 aromatic heterocycles. The second-order valence-electron chi connectivity index (χ2n) is 4.65. The third-order valence-corrected chi connectivity index (χ3v) is 4.08. The fourth-order valence-corrected chi connectivity index (χ4v) is 2.81. The molecule has 0 aliphatic carbocycles. The van der Waals surface area contributed by atoms with Gasteiger partial charge in [-0.1, -0.05) is 18.7 Å². The van der Waals surface area contributed by atoms with Crippen LogP contribution in [0.4, 0.5) is 13.2 Å². The van der Waals surface area contributed by atoms with Gasteiger partial charge in [-0.15, -0.1) is 0 Å². The Morgan fingerprint density at radius 3 is 2.42 bits per heavy atom. The molecule has 132 valence electrons. The minimum Gasteiger partial charge on any atom is -0.480 e. The number of carboxylic acid groups (broad SMARTS) is 1. The predicted molar refractivity (Wildman–Crippen MR) is 81.5 cm³/mol. The number of alkyl halides is 3. The van der Waals surface area contributed by atoms with Crippen LogP contribution in [0.25, 0.3) is 6.08 Å². The monoisotopic (exact) mass is 364 g/mol. The molecule has 1 unspecified atom stereocenters. The number of hydrogen-bond acceptors (Lipinski definition) is 5. The molecule has 0 bridgehead atoms. The smallest absolute Gasteiger partial charge is 0.446 e. The third-order valence-electron chi connectivity index (χ3n) is 3.27. The standard InChI is InChI=1S/C14H12F3NO3S.H3NO/c1-2-8-3-4-9(7-11(8)22-14(15,16)17)12(19)18-6-5-10(18)13(20)21;1-2/h2-4,7,10H,1,5-6H2,(H,20,21);2H,1H2. The molecule has 10 heteroatoms. The molecule has 1 fully saturated rings. The summed E-state index contributed by atoms with van der Waals surface area (Å²) in [6, 6.07) is 2.94. The van der Waals surface area contributed by atoms with Crippen LogP contribution in [0.1, 0.15) is 22.3 Å². The first-order valence-electron chi connectivity index (χ1n) is 6.55. The average molecular weight is 364 g/mol. The molecule has 0 spiro atoms. The van der Waals surface area contributed by atoms with E-state index in [0.717, 1.165) is 11.0 Å². The molecule has 0 radical (unpaired) electrons. The fraction of sp³-hybridized carbons (Fsp3) is 0.286. The highest BCUT2D eigenvalue weighted by molar-refractivity contribution is 8.00. The van der Waals surface area contributed by atoms with Crippen molar-refractivity contribution in [3.05, 3.63) is 35.9 Å². The maximum atomic E-state index is 12.5. The number of nitrogens with two attached hydrogens (primary N) is 1. The van der Waals surface area contributed by atoms with Gasteiger partial charge in [0.15, 0.2) is 0 Å². The minimum absolute atomic E-state index is 0.0308. The van der Waals surface area contributed by atoms with Crippen LogP contribution < -0.4 is 5.90 Å². The number of rotatable bonds is 4. The highest BCUT2D eigenvalue weighted by Gasteiger charge is 2.38. The summed E-state index contributed by atoms with van der Waals surface area (Å²) in [7, 11) is 0. The van der Waals surface area contributed by atoms with Crippen LogP contribution in [-0.4, -0.2) is 45.2 Å². The lowest BCUT2D eigenvalue weighted by atomic mass is 10.0. The number of amides is 1. The Morgan fingerprint density at radius 1 is 1.38 bits per heavy atom. The first-order chi connectivity index (χ1) is 11.2. The number of likely N-dealkylation sites (tertiary alicyclic amines) is 1. The summed E-state index contributed by atoms with van der Waals surface area (Å²) in [6.07, 6.45) is 1.61. The van der Waals surface area contributed by atoms with Crippen molar-refractivity contribution < 1.29 is 33.1 Å². The number of carboxylic acids is 1. The van der Waals surface area contributed by atoms with Crippen LogP contribution in [0.5, 0.6) is 0 Å². The van der Waals surface area contributed by atoms with Gasteiger partial charge in [-0.2, -0.15) is 13.2 Å². The van der Waals surface area contributed by atoms with Crippen LogP contribution in [0, 0.1) is 0 Å². The lowest BCUT2D eigenvalue weighted by Gasteiger charge is -2.38. The number of aliphatic carboxylic acids is 1. The highest BCUT2D eigenvalue weighted by atomic mass is 32.2. The number of carbonyl (C=O) groups excluding carboxylic acids is 1.